The molecule has 6 heteroatoms. The van der Waals surface area contributed by atoms with E-state index in [1.165, 1.54) is 0 Å². The van der Waals surface area contributed by atoms with Crippen molar-refractivity contribution in [3.8, 4) is 0 Å². The van der Waals surface area contributed by atoms with Crippen LogP contribution in [-0.4, -0.2) is 29.8 Å². The number of halogens is 1. The first-order valence-corrected chi connectivity index (χ1v) is 7.57. The minimum Gasteiger partial charge on any atom is -0.397 e. The van der Waals surface area contributed by atoms with Crippen LogP contribution in [0.1, 0.15) is 32.1 Å². The molecular weight excluding hydrogens is 290 g/mol. The molecule has 0 spiro atoms. The molecule has 0 radical (unpaired) electrons. The van der Waals surface area contributed by atoms with Crippen LogP contribution in [0.5, 0.6) is 0 Å². The summed E-state index contributed by atoms with van der Waals surface area (Å²) in [5.41, 5.74) is 6.76. The third-order valence-corrected chi connectivity index (χ3v) is 3.80. The zero-order valence-corrected chi connectivity index (χ0v) is 12.7. The summed E-state index contributed by atoms with van der Waals surface area (Å²) in [7, 11) is 0. The van der Waals surface area contributed by atoms with E-state index in [0.29, 0.717) is 29.4 Å². The molecule has 21 heavy (non-hydrogen) atoms. The maximum Gasteiger partial charge on any atom is 0.226 e. The Morgan fingerprint density at radius 1 is 1.33 bits per heavy atom. The number of likely N-dealkylation sites (tertiary alicyclic amines) is 1. The Kier molecular flexibility index (Phi) is 5.44. The van der Waals surface area contributed by atoms with E-state index in [-0.39, 0.29) is 18.2 Å². The third kappa shape index (κ3) is 4.63. The van der Waals surface area contributed by atoms with Gasteiger partial charge in [0.1, 0.15) is 0 Å². The third-order valence-electron chi connectivity index (χ3n) is 3.57. The van der Waals surface area contributed by atoms with Crippen LogP contribution in [0.2, 0.25) is 5.02 Å². The smallest absolute Gasteiger partial charge is 0.226 e. The fourth-order valence-corrected chi connectivity index (χ4v) is 2.53. The molecule has 1 fully saturated rings. The first-order chi connectivity index (χ1) is 10.1. The Labute approximate surface area is 129 Å². The second-order valence-electron chi connectivity index (χ2n) is 5.22. The predicted octanol–water partition coefficient (Wildman–Crippen LogP) is 2.65. The average Bonchev–Trinajstić information content (AvgIpc) is 2.65. The molecule has 1 heterocycles. The van der Waals surface area contributed by atoms with Crippen molar-refractivity contribution < 1.29 is 9.59 Å². The molecule has 114 valence electrons. The van der Waals surface area contributed by atoms with Crippen LogP contribution in [0.4, 0.5) is 11.4 Å². The summed E-state index contributed by atoms with van der Waals surface area (Å²) >= 11 is 5.88. The van der Waals surface area contributed by atoms with Crippen molar-refractivity contribution in [2.75, 3.05) is 24.1 Å². The Balaban J connectivity index is 1.87. The van der Waals surface area contributed by atoms with E-state index in [4.69, 9.17) is 17.3 Å². The quantitative estimate of drug-likeness (QED) is 0.840. The van der Waals surface area contributed by atoms with Crippen LogP contribution in [-0.2, 0) is 9.59 Å². The molecule has 0 bridgehead atoms. The van der Waals surface area contributed by atoms with E-state index in [9.17, 15) is 9.59 Å². The SMILES string of the molecule is Nc1ccc(Cl)cc1NC(=O)CCN1CCCCCC1=O. The highest BCUT2D eigenvalue weighted by atomic mass is 35.5. The van der Waals surface area contributed by atoms with Crippen LogP contribution in [0.15, 0.2) is 18.2 Å². The van der Waals surface area contributed by atoms with Crippen LogP contribution in [0.25, 0.3) is 0 Å². The second-order valence-corrected chi connectivity index (χ2v) is 5.66. The van der Waals surface area contributed by atoms with Gasteiger partial charge in [-0.25, -0.2) is 0 Å². The lowest BCUT2D eigenvalue weighted by Gasteiger charge is -2.20. The topological polar surface area (TPSA) is 75.4 Å². The van der Waals surface area contributed by atoms with E-state index >= 15 is 0 Å². The maximum absolute atomic E-state index is 12.0. The lowest BCUT2D eigenvalue weighted by Crippen LogP contribution is -2.33. The van der Waals surface area contributed by atoms with Crippen LogP contribution < -0.4 is 11.1 Å². The minimum atomic E-state index is -0.166. The molecule has 1 aliphatic rings. The maximum atomic E-state index is 12.0. The molecule has 1 aromatic carbocycles. The molecule has 0 atom stereocenters. The first-order valence-electron chi connectivity index (χ1n) is 7.19. The number of carbonyl (C=O) groups is 2. The van der Waals surface area contributed by atoms with Crippen molar-refractivity contribution in [1.82, 2.24) is 4.90 Å². The molecule has 0 aliphatic carbocycles. The van der Waals surface area contributed by atoms with Gasteiger partial charge < -0.3 is 16.0 Å². The van der Waals surface area contributed by atoms with Crippen molar-refractivity contribution in [2.24, 2.45) is 0 Å². The Morgan fingerprint density at radius 2 is 2.14 bits per heavy atom. The van der Waals surface area contributed by atoms with E-state index in [2.05, 4.69) is 5.32 Å². The standard InChI is InChI=1S/C15H20ClN3O2/c16-11-5-6-12(17)13(10-11)18-14(20)7-9-19-8-3-1-2-4-15(19)21/h5-6,10H,1-4,7-9,17H2,(H,18,20). The summed E-state index contributed by atoms with van der Waals surface area (Å²) in [5, 5.41) is 3.25. The minimum absolute atomic E-state index is 0.141. The number of hydrogen-bond donors (Lipinski definition) is 2. The number of nitrogens with zero attached hydrogens (tertiary/aromatic N) is 1. The lowest BCUT2D eigenvalue weighted by molar-refractivity contribution is -0.131. The lowest BCUT2D eigenvalue weighted by atomic mass is 10.2. The first kappa shape index (κ1) is 15.6. The van der Waals surface area contributed by atoms with Gasteiger partial charge in [0.15, 0.2) is 0 Å². The van der Waals surface area contributed by atoms with Crippen molar-refractivity contribution in [3.63, 3.8) is 0 Å². The van der Waals surface area contributed by atoms with Gasteiger partial charge in [-0.3, -0.25) is 9.59 Å². The Morgan fingerprint density at radius 3 is 2.95 bits per heavy atom. The molecular formula is C15H20ClN3O2. The molecule has 0 saturated carbocycles. The highest BCUT2D eigenvalue weighted by Gasteiger charge is 2.17. The molecule has 0 unspecified atom stereocenters. The fraction of sp³-hybridized carbons (Fsp3) is 0.467. The summed E-state index contributed by atoms with van der Waals surface area (Å²) in [6.07, 6.45) is 3.88. The largest absolute Gasteiger partial charge is 0.397 e. The highest BCUT2D eigenvalue weighted by molar-refractivity contribution is 6.31. The molecule has 2 rings (SSSR count). The summed E-state index contributed by atoms with van der Waals surface area (Å²) < 4.78 is 0. The zero-order valence-electron chi connectivity index (χ0n) is 11.9. The van der Waals surface area contributed by atoms with Crippen molar-refractivity contribution >= 4 is 34.8 Å². The summed E-state index contributed by atoms with van der Waals surface area (Å²) in [4.78, 5) is 25.6. The number of hydrogen-bond acceptors (Lipinski definition) is 3. The number of nitrogens with one attached hydrogen (secondary N) is 1. The normalized spacial score (nSPS) is 15.7. The van der Waals surface area contributed by atoms with Gasteiger partial charge in [0, 0.05) is 31.0 Å². The highest BCUT2D eigenvalue weighted by Crippen LogP contribution is 2.23. The van der Waals surface area contributed by atoms with Gasteiger partial charge >= 0.3 is 0 Å². The number of anilines is 2. The van der Waals surface area contributed by atoms with Crippen LogP contribution in [0, 0.1) is 0 Å². The summed E-state index contributed by atoms with van der Waals surface area (Å²) in [5.74, 6) is -0.0245. The van der Waals surface area contributed by atoms with Crippen LogP contribution in [0.3, 0.4) is 0 Å². The molecule has 1 aliphatic heterocycles. The number of nitrogen functional groups attached to an aromatic ring is 1. The molecule has 2 amide bonds. The molecule has 1 aromatic rings. The fourth-order valence-electron chi connectivity index (χ4n) is 2.36. The summed E-state index contributed by atoms with van der Waals surface area (Å²) in [6, 6.07) is 4.94. The molecule has 3 N–H and O–H groups in total. The molecule has 5 nitrogen and oxygen atoms in total. The van der Waals surface area contributed by atoms with Gasteiger partial charge in [0.2, 0.25) is 11.8 Å². The zero-order chi connectivity index (χ0) is 15.2. The number of amides is 2. The number of benzene rings is 1. The van der Waals surface area contributed by atoms with Gasteiger partial charge in [-0.05, 0) is 31.0 Å². The summed E-state index contributed by atoms with van der Waals surface area (Å²) in [6.45, 7) is 1.19. The van der Waals surface area contributed by atoms with Gasteiger partial charge in [-0.1, -0.05) is 18.0 Å². The average molecular weight is 310 g/mol. The van der Waals surface area contributed by atoms with Crippen molar-refractivity contribution in [2.45, 2.75) is 32.1 Å². The van der Waals surface area contributed by atoms with Gasteiger partial charge in [-0.2, -0.15) is 0 Å². The van der Waals surface area contributed by atoms with Crippen molar-refractivity contribution in [3.05, 3.63) is 23.2 Å². The Hall–Kier alpha value is -1.75. The van der Waals surface area contributed by atoms with E-state index in [1.54, 1.807) is 23.1 Å². The molecule has 0 aromatic heterocycles. The van der Waals surface area contributed by atoms with Gasteiger partial charge in [-0.15, -0.1) is 0 Å². The van der Waals surface area contributed by atoms with E-state index in [0.717, 1.165) is 25.8 Å². The van der Waals surface area contributed by atoms with Crippen molar-refractivity contribution in [1.29, 1.82) is 0 Å². The van der Waals surface area contributed by atoms with E-state index in [1.807, 2.05) is 0 Å². The van der Waals surface area contributed by atoms with Crippen LogP contribution >= 0.6 is 11.6 Å². The van der Waals surface area contributed by atoms with Gasteiger partial charge in [0.25, 0.3) is 0 Å². The monoisotopic (exact) mass is 309 g/mol. The Bertz CT molecular complexity index is 534. The van der Waals surface area contributed by atoms with E-state index < -0.39 is 0 Å². The number of carbonyl (C=O) groups excluding carboxylic acids is 2. The predicted molar refractivity (Wildman–Crippen MR) is 84.2 cm³/mol. The number of rotatable bonds is 4. The number of nitrogens with two attached hydrogens (primary N) is 1. The van der Waals surface area contributed by atoms with Gasteiger partial charge in [0.05, 0.1) is 11.4 Å². The second kappa shape index (κ2) is 7.31. The molecule has 1 saturated heterocycles.